The molecule has 4 saturated carbocycles. The van der Waals surface area contributed by atoms with Gasteiger partial charge in [-0.1, -0.05) is 0 Å². The summed E-state index contributed by atoms with van der Waals surface area (Å²) in [5.74, 6) is 3.95. The molecule has 0 atom stereocenters. The molecule has 2 aromatic rings. The van der Waals surface area contributed by atoms with Gasteiger partial charge in [-0.25, -0.2) is 4.98 Å². The van der Waals surface area contributed by atoms with Crippen molar-refractivity contribution in [2.75, 3.05) is 31.1 Å². The molecule has 5 fully saturated rings. The van der Waals surface area contributed by atoms with Crippen LogP contribution in [0.5, 0.6) is 0 Å². The van der Waals surface area contributed by atoms with Crippen LogP contribution in [0.25, 0.3) is 11.0 Å². The monoisotopic (exact) mass is 378 g/mol. The van der Waals surface area contributed by atoms with Crippen LogP contribution in [0.3, 0.4) is 0 Å². The molecule has 1 aliphatic heterocycles. The summed E-state index contributed by atoms with van der Waals surface area (Å²) in [6.45, 7) is 5.57. The number of aromatic nitrogens is 2. The van der Waals surface area contributed by atoms with Crippen LogP contribution in [0.2, 0.25) is 0 Å². The van der Waals surface area contributed by atoms with Crippen molar-refractivity contribution in [3.05, 3.63) is 24.0 Å². The van der Waals surface area contributed by atoms with E-state index >= 15 is 0 Å². The topological polar surface area (TPSA) is 52.2 Å². The van der Waals surface area contributed by atoms with Crippen molar-refractivity contribution in [2.45, 2.75) is 45.4 Å². The number of carbonyl (C=O) groups excluding carboxylic acids is 1. The number of hydrogen-bond acceptors (Lipinski definition) is 3. The van der Waals surface area contributed by atoms with Crippen molar-refractivity contribution >= 4 is 22.6 Å². The van der Waals surface area contributed by atoms with Crippen molar-refractivity contribution in [2.24, 2.45) is 23.2 Å². The molecule has 4 aliphatic carbocycles. The van der Waals surface area contributed by atoms with Crippen LogP contribution < -0.4 is 4.90 Å². The molecule has 1 N–H and O–H groups in total. The maximum atomic E-state index is 13.6. The lowest BCUT2D eigenvalue weighted by Gasteiger charge is -2.57. The fraction of sp³-hybridized carbons (Fsp3) is 0.652. The maximum Gasteiger partial charge on any atom is 0.228 e. The first-order chi connectivity index (χ1) is 13.6. The van der Waals surface area contributed by atoms with Crippen LogP contribution in [0.1, 0.15) is 44.3 Å². The molecular formula is C23H30N4O. The summed E-state index contributed by atoms with van der Waals surface area (Å²) in [5, 5.41) is 0. The molecule has 148 valence electrons. The summed E-state index contributed by atoms with van der Waals surface area (Å²) in [6, 6.07) is 6.46. The molecular weight excluding hydrogens is 348 g/mol. The number of imidazole rings is 1. The number of aromatic amines is 1. The fourth-order valence-electron chi connectivity index (χ4n) is 7.20. The summed E-state index contributed by atoms with van der Waals surface area (Å²) >= 11 is 0. The predicted octanol–water partition coefficient (Wildman–Crippen LogP) is 3.74. The van der Waals surface area contributed by atoms with Gasteiger partial charge in [0.1, 0.15) is 5.82 Å². The molecule has 4 bridgehead atoms. The number of benzene rings is 1. The molecule has 1 aromatic carbocycles. The molecule has 0 radical (unpaired) electrons. The fourth-order valence-corrected chi connectivity index (χ4v) is 7.20. The van der Waals surface area contributed by atoms with Crippen LogP contribution in [-0.2, 0) is 4.79 Å². The van der Waals surface area contributed by atoms with E-state index in [1.165, 1.54) is 44.2 Å². The molecule has 5 heteroatoms. The molecule has 0 spiro atoms. The number of anilines is 1. The lowest BCUT2D eigenvalue weighted by molar-refractivity contribution is -0.158. The minimum Gasteiger partial charge on any atom is -0.368 e. The van der Waals surface area contributed by atoms with Gasteiger partial charge in [0.05, 0.1) is 16.4 Å². The van der Waals surface area contributed by atoms with Crippen LogP contribution in [0.15, 0.2) is 18.2 Å². The quantitative estimate of drug-likeness (QED) is 0.866. The van der Waals surface area contributed by atoms with E-state index < -0.39 is 0 Å². The number of H-pyrrole nitrogens is 1. The average Bonchev–Trinajstić information content (AvgIpc) is 3.05. The Bertz CT molecular complexity index is 889. The van der Waals surface area contributed by atoms with Crippen LogP contribution in [0.4, 0.5) is 5.69 Å². The molecule has 5 nitrogen and oxygen atoms in total. The molecule has 28 heavy (non-hydrogen) atoms. The van der Waals surface area contributed by atoms with E-state index in [9.17, 15) is 4.79 Å². The summed E-state index contributed by atoms with van der Waals surface area (Å²) in [7, 11) is 0. The van der Waals surface area contributed by atoms with Crippen molar-refractivity contribution in [3.8, 4) is 0 Å². The summed E-state index contributed by atoms with van der Waals surface area (Å²) in [4.78, 5) is 26.0. The van der Waals surface area contributed by atoms with Gasteiger partial charge in [-0.15, -0.1) is 0 Å². The van der Waals surface area contributed by atoms with E-state index in [0.29, 0.717) is 5.91 Å². The SMILES string of the molecule is Cc1nc2ccc(N3CCN(C(=O)C45CC6CC(CC(C6)C4)C5)CC3)cc2[nH]1. The largest absolute Gasteiger partial charge is 0.368 e. The van der Waals surface area contributed by atoms with Gasteiger partial charge in [0, 0.05) is 31.9 Å². The number of nitrogens with one attached hydrogen (secondary N) is 1. The third-order valence-electron chi connectivity index (χ3n) is 8.01. The lowest BCUT2D eigenvalue weighted by Crippen LogP contribution is -2.58. The smallest absolute Gasteiger partial charge is 0.228 e. The van der Waals surface area contributed by atoms with E-state index in [4.69, 9.17) is 0 Å². The van der Waals surface area contributed by atoms with Gasteiger partial charge in [-0.05, 0) is 81.4 Å². The first-order valence-electron chi connectivity index (χ1n) is 11.1. The summed E-state index contributed by atoms with van der Waals surface area (Å²) < 4.78 is 0. The zero-order valence-corrected chi connectivity index (χ0v) is 16.8. The second-order valence-electron chi connectivity index (χ2n) is 10.0. The van der Waals surface area contributed by atoms with Crippen molar-refractivity contribution < 1.29 is 4.79 Å². The standard InChI is InChI=1S/C23H30N4O/c1-15-24-20-3-2-19(11-21(20)25-15)26-4-6-27(7-5-26)22(28)23-12-16-8-17(13-23)10-18(9-16)14-23/h2-3,11,16-18H,4-10,12-14H2,1H3,(H,24,25). The Labute approximate surface area is 166 Å². The number of piperazine rings is 1. The third kappa shape index (κ3) is 2.58. The number of hydrogen-bond donors (Lipinski definition) is 1. The second kappa shape index (κ2) is 5.98. The number of carbonyl (C=O) groups is 1. The van der Waals surface area contributed by atoms with Crippen LogP contribution >= 0.6 is 0 Å². The minimum atomic E-state index is 0.00325. The van der Waals surface area contributed by atoms with E-state index in [-0.39, 0.29) is 5.41 Å². The highest BCUT2D eigenvalue weighted by atomic mass is 16.2. The van der Waals surface area contributed by atoms with E-state index in [2.05, 4.69) is 38.0 Å². The number of rotatable bonds is 2. The lowest BCUT2D eigenvalue weighted by atomic mass is 9.49. The van der Waals surface area contributed by atoms with Crippen LogP contribution in [0, 0.1) is 30.1 Å². The minimum absolute atomic E-state index is 0.00325. The van der Waals surface area contributed by atoms with Gasteiger partial charge in [0.25, 0.3) is 0 Å². The Morgan fingerprint density at radius 2 is 1.68 bits per heavy atom. The number of aryl methyl sites for hydroxylation is 1. The van der Waals surface area contributed by atoms with E-state index in [0.717, 1.165) is 60.8 Å². The predicted molar refractivity (Wildman–Crippen MR) is 110 cm³/mol. The molecule has 1 amide bonds. The first-order valence-corrected chi connectivity index (χ1v) is 11.1. The van der Waals surface area contributed by atoms with Crippen molar-refractivity contribution in [1.29, 1.82) is 0 Å². The van der Waals surface area contributed by atoms with Crippen LogP contribution in [-0.4, -0.2) is 47.0 Å². The summed E-state index contributed by atoms with van der Waals surface area (Å²) in [6.07, 6.45) is 7.72. The zero-order chi connectivity index (χ0) is 18.9. The highest BCUT2D eigenvalue weighted by Crippen LogP contribution is 2.60. The van der Waals surface area contributed by atoms with Gasteiger partial charge in [0.2, 0.25) is 5.91 Å². The molecule has 5 aliphatic rings. The Kier molecular flexibility index (Phi) is 3.60. The molecule has 0 unspecified atom stereocenters. The number of nitrogens with zero attached hydrogens (tertiary/aromatic N) is 3. The van der Waals surface area contributed by atoms with E-state index in [1.807, 2.05) is 6.92 Å². The molecule has 1 aromatic heterocycles. The Morgan fingerprint density at radius 1 is 1.04 bits per heavy atom. The van der Waals surface area contributed by atoms with Crippen molar-refractivity contribution in [1.82, 2.24) is 14.9 Å². The Morgan fingerprint density at radius 3 is 2.32 bits per heavy atom. The van der Waals surface area contributed by atoms with Gasteiger partial charge < -0.3 is 14.8 Å². The highest BCUT2D eigenvalue weighted by molar-refractivity contribution is 5.84. The van der Waals surface area contributed by atoms with Crippen molar-refractivity contribution in [3.63, 3.8) is 0 Å². The van der Waals surface area contributed by atoms with Gasteiger partial charge in [-0.2, -0.15) is 0 Å². The molecule has 7 rings (SSSR count). The van der Waals surface area contributed by atoms with Gasteiger partial charge >= 0.3 is 0 Å². The third-order valence-corrected chi connectivity index (χ3v) is 8.01. The van der Waals surface area contributed by atoms with E-state index in [1.54, 1.807) is 0 Å². The van der Waals surface area contributed by atoms with Gasteiger partial charge in [-0.3, -0.25) is 4.79 Å². The molecule has 2 heterocycles. The first kappa shape index (κ1) is 16.9. The normalized spacial score (nSPS) is 34.4. The zero-order valence-electron chi connectivity index (χ0n) is 16.8. The molecule has 1 saturated heterocycles. The average molecular weight is 379 g/mol. The maximum absolute atomic E-state index is 13.6. The Hall–Kier alpha value is -2.04. The number of amides is 1. The number of fused-ring (bicyclic) bond motifs is 1. The summed E-state index contributed by atoms with van der Waals surface area (Å²) in [5.41, 5.74) is 3.36. The van der Waals surface area contributed by atoms with Gasteiger partial charge in [0.15, 0.2) is 0 Å². The second-order valence-corrected chi connectivity index (χ2v) is 10.0. The highest BCUT2D eigenvalue weighted by Gasteiger charge is 2.55. The Balaban J connectivity index is 1.16.